The third-order valence-corrected chi connectivity index (χ3v) is 7.54. The smallest absolute Gasteiger partial charge is 0.262 e. The summed E-state index contributed by atoms with van der Waals surface area (Å²) in [7, 11) is 0. The van der Waals surface area contributed by atoms with E-state index in [4.69, 9.17) is 16.7 Å². The third-order valence-electron chi connectivity index (χ3n) is 6.16. The molecule has 2 atom stereocenters. The Morgan fingerprint density at radius 2 is 1.75 bits per heavy atom. The van der Waals surface area contributed by atoms with Gasteiger partial charge in [-0.25, -0.2) is 5.01 Å². The van der Waals surface area contributed by atoms with Crippen LogP contribution in [0.1, 0.15) is 41.1 Å². The maximum Gasteiger partial charge on any atom is 0.262 e. The van der Waals surface area contributed by atoms with Crippen LogP contribution in [-0.2, 0) is 9.59 Å². The van der Waals surface area contributed by atoms with E-state index in [0.29, 0.717) is 22.3 Å². The van der Waals surface area contributed by atoms with Gasteiger partial charge in [0.2, 0.25) is 5.91 Å². The van der Waals surface area contributed by atoms with Gasteiger partial charge in [-0.2, -0.15) is 10.1 Å². The van der Waals surface area contributed by atoms with Crippen LogP contribution in [0.3, 0.4) is 0 Å². The van der Waals surface area contributed by atoms with Gasteiger partial charge in [-0.1, -0.05) is 89.1 Å². The Bertz CT molecular complexity index is 1370. The normalized spacial score (nSPS) is 19.3. The summed E-state index contributed by atoms with van der Waals surface area (Å²) in [5, 5.41) is 10.0. The molecule has 0 bridgehead atoms. The first-order valence-electron chi connectivity index (χ1n) is 11.7. The van der Waals surface area contributed by atoms with Crippen molar-refractivity contribution in [3.8, 4) is 0 Å². The number of halogens is 1. The first-order chi connectivity index (χ1) is 17.4. The van der Waals surface area contributed by atoms with Crippen molar-refractivity contribution in [1.82, 2.24) is 5.01 Å². The molecule has 5 rings (SSSR count). The fourth-order valence-corrected chi connectivity index (χ4v) is 5.46. The molecule has 0 aromatic heterocycles. The Morgan fingerprint density at radius 1 is 1.06 bits per heavy atom. The molecule has 1 N–H and O–H groups in total. The monoisotopic (exact) mass is 516 g/mol. The number of nitrogens with zero attached hydrogens (tertiary/aromatic N) is 3. The maximum absolute atomic E-state index is 12.8. The van der Waals surface area contributed by atoms with Crippen molar-refractivity contribution in [2.75, 3.05) is 5.32 Å². The molecule has 0 unspecified atom stereocenters. The van der Waals surface area contributed by atoms with E-state index in [2.05, 4.69) is 72.7 Å². The molecule has 6 nitrogen and oxygen atoms in total. The highest BCUT2D eigenvalue weighted by Crippen LogP contribution is 2.38. The molecule has 0 fully saturated rings. The number of carbonyl (C=O) groups excluding carboxylic acids is 2. The van der Waals surface area contributed by atoms with Crippen LogP contribution in [0.2, 0.25) is 5.02 Å². The number of amidine groups is 1. The molecule has 2 aliphatic rings. The van der Waals surface area contributed by atoms with E-state index in [9.17, 15) is 9.59 Å². The Labute approximate surface area is 219 Å². The summed E-state index contributed by atoms with van der Waals surface area (Å²) in [5.74, 6) is -0.585. The molecule has 0 spiro atoms. The predicted octanol–water partition coefficient (Wildman–Crippen LogP) is 6.13. The van der Waals surface area contributed by atoms with Crippen molar-refractivity contribution >= 4 is 51.7 Å². The van der Waals surface area contributed by atoms with Crippen LogP contribution < -0.4 is 5.32 Å². The molecule has 0 radical (unpaired) electrons. The van der Waals surface area contributed by atoms with Gasteiger partial charge >= 0.3 is 0 Å². The van der Waals surface area contributed by atoms with E-state index in [0.717, 1.165) is 16.8 Å². The molecule has 3 aromatic rings. The number of rotatable bonds is 5. The van der Waals surface area contributed by atoms with Crippen molar-refractivity contribution in [2.24, 2.45) is 10.1 Å². The van der Waals surface area contributed by atoms with Crippen molar-refractivity contribution in [3.63, 3.8) is 0 Å². The number of hydrazone groups is 1. The summed E-state index contributed by atoms with van der Waals surface area (Å²) < 4.78 is 0. The number of benzene rings is 3. The highest BCUT2D eigenvalue weighted by atomic mass is 35.5. The predicted molar refractivity (Wildman–Crippen MR) is 147 cm³/mol. The van der Waals surface area contributed by atoms with Gasteiger partial charge in [-0.05, 0) is 43.2 Å². The van der Waals surface area contributed by atoms with Crippen LogP contribution in [0.25, 0.3) is 0 Å². The second-order valence-corrected chi connectivity index (χ2v) is 10.6. The fraction of sp³-hybridized carbons (Fsp3) is 0.214. The first-order valence-corrected chi connectivity index (χ1v) is 13.0. The number of aryl methyl sites for hydroxylation is 2. The molecular weight excluding hydrogens is 492 g/mol. The lowest BCUT2D eigenvalue weighted by molar-refractivity contribution is -0.121. The number of thioether (sulfide) groups is 1. The number of hydrogen-bond donors (Lipinski definition) is 1. The largest absolute Gasteiger partial charge is 0.326 e. The molecule has 0 aliphatic carbocycles. The summed E-state index contributed by atoms with van der Waals surface area (Å²) in [5.41, 5.74) is 6.05. The van der Waals surface area contributed by atoms with Crippen LogP contribution in [0, 0.1) is 13.8 Å². The molecule has 182 valence electrons. The number of anilines is 1. The zero-order valence-corrected chi connectivity index (χ0v) is 21.5. The lowest BCUT2D eigenvalue weighted by Gasteiger charge is -2.23. The highest BCUT2D eigenvalue weighted by Gasteiger charge is 2.39. The average Bonchev–Trinajstić information content (AvgIpc) is 3.44. The van der Waals surface area contributed by atoms with Gasteiger partial charge < -0.3 is 5.32 Å². The van der Waals surface area contributed by atoms with Gasteiger partial charge in [0.1, 0.15) is 5.25 Å². The van der Waals surface area contributed by atoms with Gasteiger partial charge in [-0.3, -0.25) is 9.59 Å². The molecule has 2 amide bonds. The maximum atomic E-state index is 12.8. The summed E-state index contributed by atoms with van der Waals surface area (Å²) in [6.07, 6.45) is 0.709. The Kier molecular flexibility index (Phi) is 6.94. The van der Waals surface area contributed by atoms with Crippen LogP contribution in [0.15, 0.2) is 82.9 Å². The molecule has 2 aliphatic heterocycles. The van der Waals surface area contributed by atoms with Crippen molar-refractivity contribution in [1.29, 1.82) is 0 Å². The lowest BCUT2D eigenvalue weighted by atomic mass is 9.97. The standard InChI is InChI=1S/C28H25ClN4O2S/c1-17-6-10-19(11-7-17)23-15-24(20-12-8-18(2)9-13-20)33(32-23)28-31-27(35)25(36-28)16-26(34)30-22-5-3-4-21(29)14-22/h3-14,24-25H,15-16H2,1-2H3,(H,30,34)/t24-,25-/m1/s1. The topological polar surface area (TPSA) is 74.1 Å². The highest BCUT2D eigenvalue weighted by molar-refractivity contribution is 8.15. The summed E-state index contributed by atoms with van der Waals surface area (Å²) in [6, 6.07) is 23.5. The van der Waals surface area contributed by atoms with Crippen LogP contribution in [0.4, 0.5) is 5.69 Å². The van der Waals surface area contributed by atoms with E-state index in [1.165, 1.54) is 22.9 Å². The second kappa shape index (κ2) is 10.3. The zero-order chi connectivity index (χ0) is 25.2. The molecule has 8 heteroatoms. The third kappa shape index (κ3) is 5.37. The Morgan fingerprint density at radius 3 is 2.44 bits per heavy atom. The number of carbonyl (C=O) groups is 2. The molecular formula is C28H25ClN4O2S. The Hall–Kier alpha value is -3.42. The minimum absolute atomic E-state index is 0.0145. The van der Waals surface area contributed by atoms with Gasteiger partial charge in [0.05, 0.1) is 11.8 Å². The van der Waals surface area contributed by atoms with E-state index >= 15 is 0 Å². The molecule has 0 saturated heterocycles. The van der Waals surface area contributed by atoms with Crippen molar-refractivity contribution in [2.45, 2.75) is 38.0 Å². The van der Waals surface area contributed by atoms with E-state index in [-0.39, 0.29) is 24.3 Å². The van der Waals surface area contributed by atoms with Crippen LogP contribution >= 0.6 is 23.4 Å². The zero-order valence-electron chi connectivity index (χ0n) is 19.9. The quantitative estimate of drug-likeness (QED) is 0.442. The number of hydrogen-bond acceptors (Lipinski definition) is 5. The molecule has 2 heterocycles. The second-order valence-electron chi connectivity index (χ2n) is 8.99. The van der Waals surface area contributed by atoms with E-state index < -0.39 is 5.25 Å². The van der Waals surface area contributed by atoms with Gasteiger partial charge in [0.15, 0.2) is 5.17 Å². The van der Waals surface area contributed by atoms with Gasteiger partial charge in [0, 0.05) is 23.6 Å². The Balaban J connectivity index is 1.35. The number of aliphatic imine (C=N–C) groups is 1. The summed E-state index contributed by atoms with van der Waals surface area (Å²) in [4.78, 5) is 29.7. The summed E-state index contributed by atoms with van der Waals surface area (Å²) >= 11 is 7.30. The van der Waals surface area contributed by atoms with Gasteiger partial charge in [0.25, 0.3) is 5.91 Å². The number of amides is 2. The minimum Gasteiger partial charge on any atom is -0.326 e. The van der Waals surface area contributed by atoms with E-state index in [1.54, 1.807) is 24.3 Å². The van der Waals surface area contributed by atoms with Crippen LogP contribution in [-0.4, -0.2) is 33.0 Å². The van der Waals surface area contributed by atoms with Crippen molar-refractivity contribution < 1.29 is 9.59 Å². The number of nitrogens with one attached hydrogen (secondary N) is 1. The average molecular weight is 517 g/mol. The van der Waals surface area contributed by atoms with E-state index in [1.807, 2.05) is 5.01 Å². The van der Waals surface area contributed by atoms with Crippen LogP contribution in [0.5, 0.6) is 0 Å². The fourth-order valence-electron chi connectivity index (χ4n) is 4.21. The minimum atomic E-state index is -0.600. The first kappa shape index (κ1) is 24.3. The molecule has 0 saturated carbocycles. The van der Waals surface area contributed by atoms with Gasteiger partial charge in [-0.15, -0.1) is 0 Å². The lowest BCUT2D eigenvalue weighted by Crippen LogP contribution is -2.25. The van der Waals surface area contributed by atoms with Crippen molar-refractivity contribution in [3.05, 3.63) is 100 Å². The molecule has 36 heavy (non-hydrogen) atoms. The SMILES string of the molecule is Cc1ccc(C2=NN(C3=NC(=O)[C@@H](CC(=O)Nc4cccc(Cl)c4)S3)[C@@H](c3ccc(C)cc3)C2)cc1. The summed E-state index contributed by atoms with van der Waals surface area (Å²) in [6.45, 7) is 4.11. The molecule has 3 aromatic carbocycles.